The number of aromatic nitrogens is 1. The Kier molecular flexibility index (Phi) is 4.06. The molecule has 0 atom stereocenters. The fraction of sp³-hybridized carbons (Fsp3) is 0.583. The average molecular weight is 267 g/mol. The first-order valence-electron chi connectivity index (χ1n) is 6.07. The van der Waals surface area contributed by atoms with E-state index in [1.807, 2.05) is 19.0 Å². The molecule has 0 amide bonds. The monoisotopic (exact) mass is 267 g/mol. The van der Waals surface area contributed by atoms with Crippen LogP contribution in [0, 0.1) is 10.1 Å². The van der Waals surface area contributed by atoms with Gasteiger partial charge in [0.1, 0.15) is 5.82 Å². The highest BCUT2D eigenvalue weighted by Crippen LogP contribution is 2.38. The van der Waals surface area contributed by atoms with Gasteiger partial charge in [0.15, 0.2) is 5.03 Å². The molecule has 0 bridgehead atoms. The highest BCUT2D eigenvalue weighted by molar-refractivity contribution is 8.00. The minimum Gasteiger partial charge on any atom is -0.363 e. The number of hydrogen-bond donors (Lipinski definition) is 0. The number of anilines is 1. The lowest BCUT2D eigenvalue weighted by Gasteiger charge is -2.14. The summed E-state index contributed by atoms with van der Waals surface area (Å²) in [5.41, 5.74) is 0.123. The van der Waals surface area contributed by atoms with Gasteiger partial charge in [-0.05, 0) is 18.9 Å². The molecular weight excluding hydrogens is 250 g/mol. The Labute approximate surface area is 111 Å². The minimum atomic E-state index is -0.344. The highest BCUT2D eigenvalue weighted by atomic mass is 32.2. The smallest absolute Gasteiger partial charge is 0.301 e. The molecule has 18 heavy (non-hydrogen) atoms. The third kappa shape index (κ3) is 2.93. The van der Waals surface area contributed by atoms with E-state index in [-0.39, 0.29) is 10.6 Å². The molecule has 0 aromatic carbocycles. The second kappa shape index (κ2) is 5.56. The zero-order valence-electron chi connectivity index (χ0n) is 10.6. The van der Waals surface area contributed by atoms with Gasteiger partial charge in [-0.2, -0.15) is 0 Å². The van der Waals surface area contributed by atoms with E-state index in [9.17, 15) is 10.1 Å². The van der Waals surface area contributed by atoms with Crippen LogP contribution in [-0.2, 0) is 0 Å². The van der Waals surface area contributed by atoms with Crippen LogP contribution in [0.1, 0.15) is 25.7 Å². The molecule has 0 spiro atoms. The summed E-state index contributed by atoms with van der Waals surface area (Å²) in [4.78, 5) is 16.9. The number of thioether (sulfide) groups is 1. The summed E-state index contributed by atoms with van der Waals surface area (Å²) in [7, 11) is 3.77. The van der Waals surface area contributed by atoms with Crippen molar-refractivity contribution in [1.82, 2.24) is 4.98 Å². The Morgan fingerprint density at radius 1 is 1.39 bits per heavy atom. The van der Waals surface area contributed by atoms with Crippen LogP contribution in [0.4, 0.5) is 11.5 Å². The largest absolute Gasteiger partial charge is 0.363 e. The molecule has 0 aliphatic heterocycles. The number of nitrogens with zero attached hydrogens (tertiary/aromatic N) is 3. The third-order valence-electron chi connectivity index (χ3n) is 3.06. The molecule has 0 radical (unpaired) electrons. The van der Waals surface area contributed by atoms with E-state index in [0.29, 0.717) is 10.3 Å². The minimum absolute atomic E-state index is 0.123. The Hall–Kier alpha value is -1.30. The lowest BCUT2D eigenvalue weighted by Crippen LogP contribution is -2.11. The molecule has 1 aromatic heterocycles. The van der Waals surface area contributed by atoms with Gasteiger partial charge in [0.25, 0.3) is 0 Å². The van der Waals surface area contributed by atoms with Crippen molar-refractivity contribution in [2.45, 2.75) is 36.0 Å². The summed E-state index contributed by atoms with van der Waals surface area (Å²) < 4.78 is 0. The van der Waals surface area contributed by atoms with Crippen molar-refractivity contribution in [3.8, 4) is 0 Å². The zero-order valence-corrected chi connectivity index (χ0v) is 11.4. The predicted octanol–water partition coefficient (Wildman–Crippen LogP) is 3.09. The van der Waals surface area contributed by atoms with E-state index in [4.69, 9.17) is 0 Å². The Morgan fingerprint density at radius 2 is 2.06 bits per heavy atom. The Balaban J connectivity index is 2.27. The van der Waals surface area contributed by atoms with Gasteiger partial charge in [-0.1, -0.05) is 24.6 Å². The van der Waals surface area contributed by atoms with Crippen LogP contribution in [0.5, 0.6) is 0 Å². The van der Waals surface area contributed by atoms with Gasteiger partial charge >= 0.3 is 5.69 Å². The first-order valence-corrected chi connectivity index (χ1v) is 6.95. The van der Waals surface area contributed by atoms with E-state index in [1.165, 1.54) is 12.8 Å². The lowest BCUT2D eigenvalue weighted by molar-refractivity contribution is -0.388. The van der Waals surface area contributed by atoms with Gasteiger partial charge in [-0.25, -0.2) is 4.98 Å². The number of pyridine rings is 1. The summed E-state index contributed by atoms with van der Waals surface area (Å²) in [6.07, 6.45) is 4.71. The maximum Gasteiger partial charge on any atom is 0.301 e. The van der Waals surface area contributed by atoms with Crippen LogP contribution < -0.4 is 4.90 Å². The predicted molar refractivity (Wildman–Crippen MR) is 73.3 cm³/mol. The fourth-order valence-electron chi connectivity index (χ4n) is 2.06. The normalized spacial score (nSPS) is 15.9. The molecule has 0 saturated heterocycles. The van der Waals surface area contributed by atoms with Gasteiger partial charge in [-0.15, -0.1) is 0 Å². The van der Waals surface area contributed by atoms with Crippen LogP contribution in [0.15, 0.2) is 17.2 Å². The average Bonchev–Trinajstić information content (AvgIpc) is 2.81. The van der Waals surface area contributed by atoms with E-state index in [1.54, 1.807) is 23.9 Å². The molecule has 5 nitrogen and oxygen atoms in total. The van der Waals surface area contributed by atoms with Crippen molar-refractivity contribution in [1.29, 1.82) is 0 Å². The molecule has 0 N–H and O–H groups in total. The summed E-state index contributed by atoms with van der Waals surface area (Å²) in [6.45, 7) is 0. The fourth-order valence-corrected chi connectivity index (χ4v) is 3.36. The van der Waals surface area contributed by atoms with Crippen molar-refractivity contribution >= 4 is 23.3 Å². The van der Waals surface area contributed by atoms with Crippen molar-refractivity contribution in [2.24, 2.45) is 0 Å². The second-order valence-electron chi connectivity index (χ2n) is 4.67. The SMILES string of the molecule is CN(C)c1ccc([N+](=O)[O-])c(SC2CCCC2)n1. The van der Waals surface area contributed by atoms with E-state index < -0.39 is 0 Å². The molecular formula is C12H17N3O2S. The number of hydrogen-bond acceptors (Lipinski definition) is 5. The topological polar surface area (TPSA) is 59.3 Å². The molecule has 1 aliphatic rings. The molecule has 1 aliphatic carbocycles. The maximum absolute atomic E-state index is 11.0. The van der Waals surface area contributed by atoms with Crippen molar-refractivity contribution in [3.63, 3.8) is 0 Å². The maximum atomic E-state index is 11.0. The van der Waals surface area contributed by atoms with E-state index >= 15 is 0 Å². The molecule has 1 fully saturated rings. The standard InChI is InChI=1S/C12H17N3O2S/c1-14(2)11-8-7-10(15(16)17)12(13-11)18-9-5-3-4-6-9/h7-9H,3-6H2,1-2H3. The first-order chi connectivity index (χ1) is 8.58. The molecule has 98 valence electrons. The quantitative estimate of drug-likeness (QED) is 0.619. The van der Waals surface area contributed by atoms with Crippen molar-refractivity contribution in [3.05, 3.63) is 22.2 Å². The summed E-state index contributed by atoms with van der Waals surface area (Å²) in [5, 5.41) is 12.0. The zero-order chi connectivity index (χ0) is 13.1. The number of nitro groups is 1. The van der Waals surface area contributed by atoms with Gasteiger partial charge < -0.3 is 4.90 Å². The highest BCUT2D eigenvalue weighted by Gasteiger charge is 2.23. The van der Waals surface area contributed by atoms with Gasteiger partial charge in [-0.3, -0.25) is 10.1 Å². The van der Waals surface area contributed by atoms with Crippen LogP contribution >= 0.6 is 11.8 Å². The van der Waals surface area contributed by atoms with Crippen LogP contribution in [-0.4, -0.2) is 29.3 Å². The summed E-state index contributed by atoms with van der Waals surface area (Å²) in [5.74, 6) is 0.765. The van der Waals surface area contributed by atoms with E-state index in [0.717, 1.165) is 18.7 Å². The van der Waals surface area contributed by atoms with Crippen molar-refractivity contribution in [2.75, 3.05) is 19.0 Å². The molecule has 1 saturated carbocycles. The van der Waals surface area contributed by atoms with Crippen LogP contribution in [0.25, 0.3) is 0 Å². The molecule has 1 heterocycles. The molecule has 2 rings (SSSR count). The van der Waals surface area contributed by atoms with Gasteiger partial charge in [0.2, 0.25) is 0 Å². The van der Waals surface area contributed by atoms with Gasteiger partial charge in [0.05, 0.1) is 4.92 Å². The van der Waals surface area contributed by atoms with Crippen molar-refractivity contribution < 1.29 is 4.92 Å². The molecule has 0 unspecified atom stereocenters. The molecule has 1 aromatic rings. The number of rotatable bonds is 4. The summed E-state index contributed by atoms with van der Waals surface area (Å²) in [6, 6.07) is 3.25. The van der Waals surface area contributed by atoms with Crippen LogP contribution in [0.3, 0.4) is 0 Å². The van der Waals surface area contributed by atoms with Crippen LogP contribution in [0.2, 0.25) is 0 Å². The van der Waals surface area contributed by atoms with E-state index in [2.05, 4.69) is 4.98 Å². The third-order valence-corrected chi connectivity index (χ3v) is 4.39. The molecule has 6 heteroatoms. The lowest BCUT2D eigenvalue weighted by atomic mass is 10.4. The second-order valence-corrected chi connectivity index (χ2v) is 5.96. The first kappa shape index (κ1) is 13.1. The summed E-state index contributed by atoms with van der Waals surface area (Å²) >= 11 is 1.56. The van der Waals surface area contributed by atoms with Gasteiger partial charge in [0, 0.05) is 25.4 Å². The Morgan fingerprint density at radius 3 is 2.61 bits per heavy atom. The Bertz CT molecular complexity index is 445.